The molecule has 6 nitrogen and oxygen atoms in total. The smallest absolute Gasteiger partial charge is 0.331 e. The van der Waals surface area contributed by atoms with Crippen molar-refractivity contribution in [1.82, 2.24) is 9.13 Å². The van der Waals surface area contributed by atoms with E-state index in [-0.39, 0.29) is 23.9 Å². The van der Waals surface area contributed by atoms with Gasteiger partial charge in [0.15, 0.2) is 0 Å². The zero-order chi connectivity index (χ0) is 18.8. The predicted molar refractivity (Wildman–Crippen MR) is 102 cm³/mol. The predicted octanol–water partition coefficient (Wildman–Crippen LogP) is 1.39. The van der Waals surface area contributed by atoms with Gasteiger partial charge in [0.25, 0.3) is 5.56 Å². The lowest BCUT2D eigenvalue weighted by atomic mass is 10.1. The van der Waals surface area contributed by atoms with Gasteiger partial charge in [0.05, 0.1) is 38.2 Å². The highest BCUT2D eigenvalue weighted by molar-refractivity contribution is 5.60. The fourth-order valence-corrected chi connectivity index (χ4v) is 3.10. The van der Waals surface area contributed by atoms with Gasteiger partial charge in [-0.05, 0) is 30.5 Å². The van der Waals surface area contributed by atoms with Crippen LogP contribution in [0.5, 0.6) is 0 Å². The van der Waals surface area contributed by atoms with Crippen molar-refractivity contribution in [3.8, 4) is 23.1 Å². The van der Waals surface area contributed by atoms with Crippen molar-refractivity contribution >= 4 is 0 Å². The quantitative estimate of drug-likeness (QED) is 0.771. The molecular weight excluding hydrogens is 344 g/mol. The third-order valence-corrected chi connectivity index (χ3v) is 4.86. The minimum Gasteiger partial charge on any atom is -0.376 e. The number of rotatable bonds is 3. The second-order valence-corrected chi connectivity index (χ2v) is 7.01. The van der Waals surface area contributed by atoms with Crippen LogP contribution in [0.3, 0.4) is 0 Å². The minimum absolute atomic E-state index is 0.196. The summed E-state index contributed by atoms with van der Waals surface area (Å²) in [6.07, 6.45) is 2.11. The van der Waals surface area contributed by atoms with Gasteiger partial charge in [0.2, 0.25) is 0 Å². The third-order valence-electron chi connectivity index (χ3n) is 4.86. The molecule has 0 radical (unpaired) electrons. The SMILES string of the molecule is Cn1c(-c2ccc(C#CC3CC3)cc2)cc(=O)n(CC2COCCO2)c1=O. The molecule has 2 aromatic rings. The summed E-state index contributed by atoms with van der Waals surface area (Å²) in [4.78, 5) is 25.3. The lowest BCUT2D eigenvalue weighted by Crippen LogP contribution is -2.44. The van der Waals surface area contributed by atoms with E-state index in [1.807, 2.05) is 24.3 Å². The standard InChI is InChI=1S/C21H22N2O4/c1-22-19(17-8-6-16(7-9-17)5-4-15-2-3-15)12-20(24)23(21(22)25)13-18-14-26-10-11-27-18/h6-9,12,15,18H,2-3,10-11,13-14H2,1H3. The van der Waals surface area contributed by atoms with Gasteiger partial charge in [-0.1, -0.05) is 24.0 Å². The van der Waals surface area contributed by atoms with Crippen LogP contribution in [0.25, 0.3) is 11.3 Å². The van der Waals surface area contributed by atoms with E-state index in [9.17, 15) is 9.59 Å². The molecule has 140 valence electrons. The van der Waals surface area contributed by atoms with Crippen LogP contribution in [0, 0.1) is 17.8 Å². The van der Waals surface area contributed by atoms with Gasteiger partial charge in [-0.3, -0.25) is 13.9 Å². The highest BCUT2D eigenvalue weighted by atomic mass is 16.6. The van der Waals surface area contributed by atoms with E-state index in [1.165, 1.54) is 28.0 Å². The lowest BCUT2D eigenvalue weighted by molar-refractivity contribution is -0.0943. The van der Waals surface area contributed by atoms with Crippen molar-refractivity contribution in [2.45, 2.75) is 25.5 Å². The van der Waals surface area contributed by atoms with Crippen LogP contribution in [0.15, 0.2) is 39.9 Å². The second-order valence-electron chi connectivity index (χ2n) is 7.01. The Morgan fingerprint density at radius 2 is 1.93 bits per heavy atom. The fraction of sp³-hybridized carbons (Fsp3) is 0.429. The van der Waals surface area contributed by atoms with E-state index >= 15 is 0 Å². The van der Waals surface area contributed by atoms with E-state index < -0.39 is 0 Å². The molecule has 1 aliphatic heterocycles. The number of nitrogens with zero attached hydrogens (tertiary/aromatic N) is 2. The zero-order valence-electron chi connectivity index (χ0n) is 15.3. The van der Waals surface area contributed by atoms with Crippen LogP contribution in [0.2, 0.25) is 0 Å². The van der Waals surface area contributed by atoms with Gasteiger partial charge in [-0.2, -0.15) is 0 Å². The van der Waals surface area contributed by atoms with Crippen molar-refractivity contribution in [1.29, 1.82) is 0 Å². The molecule has 1 aromatic heterocycles. The van der Waals surface area contributed by atoms with Crippen molar-refractivity contribution in [2.24, 2.45) is 13.0 Å². The number of hydrogen-bond acceptors (Lipinski definition) is 4. The molecule has 2 heterocycles. The molecule has 1 atom stereocenters. The first kappa shape index (κ1) is 17.8. The molecule has 0 N–H and O–H groups in total. The van der Waals surface area contributed by atoms with Gasteiger partial charge >= 0.3 is 5.69 Å². The first-order chi connectivity index (χ1) is 13.1. The topological polar surface area (TPSA) is 62.5 Å². The molecule has 1 saturated carbocycles. The fourth-order valence-electron chi connectivity index (χ4n) is 3.10. The molecule has 2 fully saturated rings. The number of benzene rings is 1. The summed E-state index contributed by atoms with van der Waals surface area (Å²) in [5.41, 5.74) is 1.65. The minimum atomic E-state index is -0.357. The summed E-state index contributed by atoms with van der Waals surface area (Å²) in [6.45, 7) is 1.61. The molecule has 1 aromatic carbocycles. The number of aromatic nitrogens is 2. The lowest BCUT2D eigenvalue weighted by Gasteiger charge is -2.23. The average molecular weight is 366 g/mol. The molecule has 27 heavy (non-hydrogen) atoms. The van der Waals surface area contributed by atoms with Gasteiger partial charge in [-0.15, -0.1) is 0 Å². The van der Waals surface area contributed by atoms with E-state index in [1.54, 1.807) is 7.05 Å². The van der Waals surface area contributed by atoms with E-state index in [2.05, 4.69) is 11.8 Å². The normalized spacial score (nSPS) is 19.4. The van der Waals surface area contributed by atoms with Crippen LogP contribution in [0.1, 0.15) is 18.4 Å². The Morgan fingerprint density at radius 1 is 1.15 bits per heavy atom. The number of hydrogen-bond donors (Lipinski definition) is 0. The molecule has 0 bridgehead atoms. The molecule has 0 spiro atoms. The molecule has 4 rings (SSSR count). The average Bonchev–Trinajstić information content (AvgIpc) is 3.52. The monoisotopic (exact) mass is 366 g/mol. The van der Waals surface area contributed by atoms with Crippen molar-refractivity contribution in [3.05, 3.63) is 56.7 Å². The van der Waals surface area contributed by atoms with Crippen molar-refractivity contribution in [2.75, 3.05) is 19.8 Å². The number of ether oxygens (including phenoxy) is 2. The summed E-state index contributed by atoms with van der Waals surface area (Å²) < 4.78 is 13.6. The summed E-state index contributed by atoms with van der Waals surface area (Å²) in [5.74, 6) is 6.95. The maximum Gasteiger partial charge on any atom is 0.331 e. The first-order valence-electron chi connectivity index (χ1n) is 9.24. The maximum absolute atomic E-state index is 12.7. The molecule has 1 saturated heterocycles. The maximum atomic E-state index is 12.7. The highest BCUT2D eigenvalue weighted by Crippen LogP contribution is 2.27. The summed E-state index contributed by atoms with van der Waals surface area (Å²) in [7, 11) is 1.67. The van der Waals surface area contributed by atoms with Crippen LogP contribution in [-0.4, -0.2) is 35.1 Å². The summed E-state index contributed by atoms with van der Waals surface area (Å²) in [5, 5.41) is 0. The molecule has 6 heteroatoms. The van der Waals surface area contributed by atoms with Gasteiger partial charge < -0.3 is 9.47 Å². The second kappa shape index (κ2) is 7.55. The Labute approximate surface area is 157 Å². The van der Waals surface area contributed by atoms with Crippen LogP contribution >= 0.6 is 0 Å². The molecule has 1 aliphatic carbocycles. The van der Waals surface area contributed by atoms with Gasteiger partial charge in [0, 0.05) is 24.6 Å². The largest absolute Gasteiger partial charge is 0.376 e. The Bertz CT molecular complexity index is 998. The zero-order valence-corrected chi connectivity index (χ0v) is 15.3. The van der Waals surface area contributed by atoms with Crippen LogP contribution in [-0.2, 0) is 23.1 Å². The van der Waals surface area contributed by atoms with Crippen LogP contribution in [0.4, 0.5) is 0 Å². The Hall–Kier alpha value is -2.62. The Balaban J connectivity index is 1.61. The van der Waals surface area contributed by atoms with Crippen molar-refractivity contribution < 1.29 is 9.47 Å². The highest BCUT2D eigenvalue weighted by Gasteiger charge is 2.19. The molecule has 1 unspecified atom stereocenters. The van der Waals surface area contributed by atoms with E-state index in [4.69, 9.17) is 9.47 Å². The first-order valence-corrected chi connectivity index (χ1v) is 9.24. The summed E-state index contributed by atoms with van der Waals surface area (Å²) in [6, 6.07) is 9.14. The van der Waals surface area contributed by atoms with Gasteiger partial charge in [-0.25, -0.2) is 4.79 Å². The Kier molecular flexibility index (Phi) is 4.97. The van der Waals surface area contributed by atoms with E-state index in [0.717, 1.165) is 11.1 Å². The van der Waals surface area contributed by atoms with Gasteiger partial charge in [0.1, 0.15) is 0 Å². The molecule has 2 aliphatic rings. The molecular formula is C21H22N2O4. The van der Waals surface area contributed by atoms with Crippen LogP contribution < -0.4 is 11.2 Å². The third kappa shape index (κ3) is 4.05. The van der Waals surface area contributed by atoms with Crippen molar-refractivity contribution in [3.63, 3.8) is 0 Å². The molecule has 0 amide bonds. The summed E-state index contributed by atoms with van der Waals surface area (Å²) >= 11 is 0. The Morgan fingerprint density at radius 3 is 2.59 bits per heavy atom. The van der Waals surface area contributed by atoms with E-state index in [0.29, 0.717) is 31.4 Å².